The van der Waals surface area contributed by atoms with Crippen LogP contribution < -0.4 is 0 Å². The molecule has 124 valence electrons. The van der Waals surface area contributed by atoms with Crippen LogP contribution in [0.1, 0.15) is 85.5 Å². The normalized spacial score (nSPS) is 12.4. The molecule has 0 aromatic heterocycles. The first-order valence-electron chi connectivity index (χ1n) is 8.35. The van der Waals surface area contributed by atoms with E-state index in [-0.39, 0.29) is 6.42 Å². The van der Waals surface area contributed by atoms with E-state index in [0.717, 1.165) is 25.7 Å². The lowest BCUT2D eigenvalue weighted by molar-refractivity contribution is -0.178. The Bertz CT molecular complexity index is 318. The molecule has 0 aliphatic rings. The van der Waals surface area contributed by atoms with E-state index in [1.807, 2.05) is 13.8 Å². The molecule has 0 rings (SSSR count). The van der Waals surface area contributed by atoms with Gasteiger partial charge < -0.3 is 10.2 Å². The summed E-state index contributed by atoms with van der Waals surface area (Å²) in [6.45, 7) is 7.68. The average Bonchev–Trinajstić information content (AvgIpc) is 2.45. The third-order valence-corrected chi connectivity index (χ3v) is 5.28. The summed E-state index contributed by atoms with van der Waals surface area (Å²) >= 11 is 0. The summed E-state index contributed by atoms with van der Waals surface area (Å²) in [7, 11) is 0. The Morgan fingerprint density at radius 2 is 1.24 bits per heavy atom. The molecule has 0 aliphatic carbocycles. The minimum Gasteiger partial charge on any atom is -0.480 e. The first-order chi connectivity index (χ1) is 9.88. The highest BCUT2D eigenvalue weighted by molar-refractivity contribution is 5.99. The second-order valence-corrected chi connectivity index (χ2v) is 6.02. The van der Waals surface area contributed by atoms with E-state index in [1.54, 1.807) is 6.92 Å². The lowest BCUT2D eigenvalue weighted by Gasteiger charge is -2.44. The van der Waals surface area contributed by atoms with Gasteiger partial charge in [-0.25, -0.2) is 0 Å². The Hall–Kier alpha value is -1.06. The molecule has 0 saturated heterocycles. The van der Waals surface area contributed by atoms with Crippen molar-refractivity contribution in [3.05, 3.63) is 0 Å². The van der Waals surface area contributed by atoms with Gasteiger partial charge in [0.1, 0.15) is 0 Å². The Morgan fingerprint density at radius 1 is 0.762 bits per heavy atom. The standard InChI is InChI=1S/C17H32O4/c1-5-9-10-11-12-13-16(6-2,7-3)17(8-4,14(18)19)15(20)21/h5-13H2,1-4H3,(H,18,19)(H,20,21). The highest BCUT2D eigenvalue weighted by Crippen LogP contribution is 2.51. The molecule has 0 amide bonds. The first-order valence-corrected chi connectivity index (χ1v) is 8.35. The van der Waals surface area contributed by atoms with Crippen LogP contribution in [0.25, 0.3) is 0 Å². The van der Waals surface area contributed by atoms with E-state index < -0.39 is 22.8 Å². The number of unbranched alkanes of at least 4 members (excludes halogenated alkanes) is 4. The average molecular weight is 300 g/mol. The van der Waals surface area contributed by atoms with E-state index >= 15 is 0 Å². The number of hydrogen-bond acceptors (Lipinski definition) is 2. The maximum Gasteiger partial charge on any atom is 0.321 e. The van der Waals surface area contributed by atoms with Gasteiger partial charge in [-0.15, -0.1) is 0 Å². The molecule has 2 N–H and O–H groups in total. The van der Waals surface area contributed by atoms with Gasteiger partial charge in [0, 0.05) is 0 Å². The number of carbonyl (C=O) groups is 2. The summed E-state index contributed by atoms with van der Waals surface area (Å²) < 4.78 is 0. The summed E-state index contributed by atoms with van der Waals surface area (Å²) in [5.41, 5.74) is -2.33. The molecule has 0 aromatic rings. The zero-order valence-corrected chi connectivity index (χ0v) is 14.1. The SMILES string of the molecule is CCCCCCCC(CC)(CC)C(CC)(C(=O)O)C(=O)O. The fourth-order valence-electron chi connectivity index (χ4n) is 3.71. The van der Waals surface area contributed by atoms with Crippen molar-refractivity contribution in [2.24, 2.45) is 10.8 Å². The summed E-state index contributed by atoms with van der Waals surface area (Å²) in [6, 6.07) is 0. The van der Waals surface area contributed by atoms with Gasteiger partial charge in [-0.3, -0.25) is 9.59 Å². The number of rotatable bonds is 12. The quantitative estimate of drug-likeness (QED) is 0.404. The second kappa shape index (κ2) is 9.06. The predicted molar refractivity (Wildman–Crippen MR) is 84.4 cm³/mol. The van der Waals surface area contributed by atoms with Gasteiger partial charge in [0.2, 0.25) is 0 Å². The molecule has 0 radical (unpaired) electrons. The molecule has 0 saturated carbocycles. The lowest BCUT2D eigenvalue weighted by Crippen LogP contribution is -2.52. The number of hydrogen-bond donors (Lipinski definition) is 2. The minimum absolute atomic E-state index is 0.133. The largest absolute Gasteiger partial charge is 0.480 e. The monoisotopic (exact) mass is 300 g/mol. The maximum atomic E-state index is 11.8. The molecule has 0 aromatic carbocycles. The van der Waals surface area contributed by atoms with Gasteiger partial charge in [-0.1, -0.05) is 59.8 Å². The molecular formula is C17H32O4. The van der Waals surface area contributed by atoms with Crippen LogP contribution in [0.5, 0.6) is 0 Å². The summed E-state index contributed by atoms with van der Waals surface area (Å²) in [5.74, 6) is -2.37. The maximum absolute atomic E-state index is 11.8. The van der Waals surface area contributed by atoms with Crippen molar-refractivity contribution >= 4 is 11.9 Å². The third kappa shape index (κ3) is 3.98. The minimum atomic E-state index is -1.67. The highest BCUT2D eigenvalue weighted by Gasteiger charge is 2.58. The van der Waals surface area contributed by atoms with Crippen LogP contribution in [0.2, 0.25) is 0 Å². The molecular weight excluding hydrogens is 268 g/mol. The zero-order valence-electron chi connectivity index (χ0n) is 14.1. The number of aliphatic carboxylic acids is 2. The van der Waals surface area contributed by atoms with E-state index in [1.165, 1.54) is 6.42 Å². The molecule has 0 fully saturated rings. The van der Waals surface area contributed by atoms with Crippen molar-refractivity contribution in [2.45, 2.75) is 85.5 Å². The van der Waals surface area contributed by atoms with E-state index in [2.05, 4.69) is 6.92 Å². The Balaban J connectivity index is 5.29. The fraction of sp³-hybridized carbons (Fsp3) is 0.882. The highest BCUT2D eigenvalue weighted by atomic mass is 16.4. The van der Waals surface area contributed by atoms with Crippen LogP contribution in [0, 0.1) is 10.8 Å². The number of carboxylic acids is 2. The summed E-state index contributed by atoms with van der Waals surface area (Å²) in [4.78, 5) is 23.6. The van der Waals surface area contributed by atoms with Crippen molar-refractivity contribution in [3.63, 3.8) is 0 Å². The van der Waals surface area contributed by atoms with Crippen LogP contribution in [0.15, 0.2) is 0 Å². The lowest BCUT2D eigenvalue weighted by atomic mass is 9.56. The molecule has 0 unspecified atom stereocenters. The molecule has 0 spiro atoms. The van der Waals surface area contributed by atoms with Crippen molar-refractivity contribution in [3.8, 4) is 0 Å². The van der Waals surface area contributed by atoms with E-state index in [0.29, 0.717) is 19.3 Å². The van der Waals surface area contributed by atoms with Gasteiger partial charge in [-0.2, -0.15) is 0 Å². The van der Waals surface area contributed by atoms with Crippen LogP contribution in [0.4, 0.5) is 0 Å². The molecule has 0 bridgehead atoms. The first kappa shape index (κ1) is 19.9. The van der Waals surface area contributed by atoms with Crippen molar-refractivity contribution in [1.29, 1.82) is 0 Å². The van der Waals surface area contributed by atoms with Crippen molar-refractivity contribution < 1.29 is 19.8 Å². The predicted octanol–water partition coefficient (Wildman–Crippen LogP) is 4.72. The van der Waals surface area contributed by atoms with Gasteiger partial charge in [-0.05, 0) is 31.1 Å². The molecule has 21 heavy (non-hydrogen) atoms. The van der Waals surface area contributed by atoms with Gasteiger partial charge in [0.25, 0.3) is 0 Å². The van der Waals surface area contributed by atoms with Gasteiger partial charge in [0.05, 0.1) is 0 Å². The van der Waals surface area contributed by atoms with E-state index in [9.17, 15) is 19.8 Å². The van der Waals surface area contributed by atoms with Crippen LogP contribution >= 0.6 is 0 Å². The molecule has 0 atom stereocenters. The van der Waals surface area contributed by atoms with Gasteiger partial charge in [0.15, 0.2) is 5.41 Å². The second-order valence-electron chi connectivity index (χ2n) is 6.02. The van der Waals surface area contributed by atoms with Crippen LogP contribution in [0.3, 0.4) is 0 Å². The summed E-state index contributed by atoms with van der Waals surface area (Å²) in [6.07, 6.45) is 7.42. The Kier molecular flexibility index (Phi) is 8.60. The Labute approximate surface area is 128 Å². The zero-order chi connectivity index (χ0) is 16.5. The smallest absolute Gasteiger partial charge is 0.321 e. The fourth-order valence-corrected chi connectivity index (χ4v) is 3.71. The number of carboxylic acid groups (broad SMARTS) is 2. The molecule has 4 nitrogen and oxygen atoms in total. The van der Waals surface area contributed by atoms with Crippen molar-refractivity contribution in [1.82, 2.24) is 0 Å². The molecule has 4 heteroatoms. The van der Waals surface area contributed by atoms with Gasteiger partial charge >= 0.3 is 11.9 Å². The van der Waals surface area contributed by atoms with Crippen molar-refractivity contribution in [2.75, 3.05) is 0 Å². The topological polar surface area (TPSA) is 74.6 Å². The summed E-state index contributed by atoms with van der Waals surface area (Å²) in [5, 5.41) is 19.3. The Morgan fingerprint density at radius 3 is 1.57 bits per heavy atom. The van der Waals surface area contributed by atoms with E-state index in [4.69, 9.17) is 0 Å². The molecule has 0 heterocycles. The molecule has 0 aliphatic heterocycles. The van der Waals surface area contributed by atoms with Crippen LogP contribution in [-0.2, 0) is 9.59 Å². The third-order valence-electron chi connectivity index (χ3n) is 5.28. The van der Waals surface area contributed by atoms with Crippen LogP contribution in [-0.4, -0.2) is 22.2 Å².